The van der Waals surface area contributed by atoms with Crippen LogP contribution in [0.1, 0.15) is 0 Å². The molecule has 296 valence electrons. The molecule has 0 N–H and O–H groups in total. The Balaban J connectivity index is 0.917. The Kier molecular flexibility index (Phi) is 7.87. The quantitative estimate of drug-likeness (QED) is 0.162. The van der Waals surface area contributed by atoms with Crippen LogP contribution < -0.4 is 0 Å². The van der Waals surface area contributed by atoms with Crippen molar-refractivity contribution in [1.29, 1.82) is 0 Å². The van der Waals surface area contributed by atoms with Gasteiger partial charge in [0, 0.05) is 38.5 Å². The summed E-state index contributed by atoms with van der Waals surface area (Å²) in [6.07, 6.45) is 0. The third-order valence-electron chi connectivity index (χ3n) is 12.6. The van der Waals surface area contributed by atoms with E-state index in [0.717, 1.165) is 98.8 Å². The van der Waals surface area contributed by atoms with Crippen molar-refractivity contribution in [2.75, 3.05) is 0 Å². The highest BCUT2D eigenvalue weighted by molar-refractivity contribution is 6.12. The molecule has 3 heterocycles. The second-order valence-electron chi connectivity index (χ2n) is 16.4. The van der Waals surface area contributed by atoms with Gasteiger partial charge in [-0.25, -0.2) is 19.8 Å². The van der Waals surface area contributed by atoms with Gasteiger partial charge in [-0.15, -0.1) is 0 Å². The molecule has 0 amide bonds. The van der Waals surface area contributed by atoms with E-state index in [1.807, 2.05) is 18.2 Å². The fraction of sp³-hybridized carbons (Fsp3) is 0. The van der Waals surface area contributed by atoms with Crippen LogP contribution in [-0.2, 0) is 0 Å². The number of rotatable bonds is 5. The maximum absolute atomic E-state index is 7.79. The van der Waals surface area contributed by atoms with Gasteiger partial charge in [0.25, 0.3) is 0 Å². The van der Waals surface area contributed by atoms with E-state index in [2.05, 4.69) is 191 Å². The van der Waals surface area contributed by atoms with Crippen molar-refractivity contribution < 1.29 is 4.42 Å². The molecule has 13 aromatic rings. The first-order chi connectivity index (χ1) is 31.6. The lowest BCUT2D eigenvalue weighted by Crippen LogP contribution is -2.00. The Hall–Kier alpha value is -8.92. The van der Waals surface area contributed by atoms with Crippen molar-refractivity contribution in [1.82, 2.24) is 19.5 Å². The zero-order valence-electron chi connectivity index (χ0n) is 34.2. The molecule has 0 spiro atoms. The Bertz CT molecular complexity index is 4020. The van der Waals surface area contributed by atoms with Gasteiger partial charge in [0.2, 0.25) is 0 Å². The molecule has 6 heteroatoms. The summed E-state index contributed by atoms with van der Waals surface area (Å²) in [6, 6.07) is 69.6. The number of nitrogens with zero attached hydrogens (tertiary/aromatic N) is 5. The summed E-state index contributed by atoms with van der Waals surface area (Å²) in [5.74, 6) is 1.79. The van der Waals surface area contributed by atoms with Crippen LogP contribution >= 0.6 is 0 Å². The maximum Gasteiger partial charge on any atom is 0.188 e. The third-order valence-corrected chi connectivity index (χ3v) is 12.6. The first kappa shape index (κ1) is 35.8. The van der Waals surface area contributed by atoms with Crippen molar-refractivity contribution >= 4 is 81.7 Å². The van der Waals surface area contributed by atoms with Gasteiger partial charge < -0.3 is 8.98 Å². The van der Waals surface area contributed by atoms with Crippen molar-refractivity contribution in [2.45, 2.75) is 0 Å². The van der Waals surface area contributed by atoms with Crippen LogP contribution in [0.4, 0.5) is 5.69 Å². The molecule has 0 saturated heterocycles. The lowest BCUT2D eigenvalue weighted by molar-refractivity contribution is 0.669. The van der Waals surface area contributed by atoms with Crippen LogP contribution in [0.15, 0.2) is 205 Å². The molecule has 0 fully saturated rings. The van der Waals surface area contributed by atoms with Crippen LogP contribution in [0.2, 0.25) is 0 Å². The van der Waals surface area contributed by atoms with Gasteiger partial charge >= 0.3 is 0 Å². The molecule has 0 bridgehead atoms. The van der Waals surface area contributed by atoms with E-state index in [0.29, 0.717) is 23.2 Å². The molecule has 6 nitrogen and oxygen atoms in total. The standard InChI is InChI=1S/C58H33N5O/c1-59-46-22-27-53-51(34-46)50-31-41(21-26-52(50)63(53)47-23-18-37-10-4-7-13-40(37)30-47)42-19-24-48-49-25-20-45(33-55(49)64-54(48)32-42)58-61-56(43-16-14-35-8-2-5-11-38(35)28-43)60-57(62-58)44-17-15-36-9-3-6-12-39(36)29-44/h2-34H. The van der Waals surface area contributed by atoms with E-state index in [4.69, 9.17) is 25.9 Å². The summed E-state index contributed by atoms with van der Waals surface area (Å²) in [6.45, 7) is 7.79. The molecule has 64 heavy (non-hydrogen) atoms. The summed E-state index contributed by atoms with van der Waals surface area (Å²) in [5.41, 5.74) is 10.2. The molecule has 10 aromatic carbocycles. The van der Waals surface area contributed by atoms with E-state index in [1.165, 1.54) is 10.8 Å². The minimum atomic E-state index is 0.571. The molecule has 0 aliphatic rings. The topological polar surface area (TPSA) is 61.1 Å². The minimum Gasteiger partial charge on any atom is -0.456 e. The number of hydrogen-bond donors (Lipinski definition) is 0. The number of fused-ring (bicyclic) bond motifs is 9. The average Bonchev–Trinajstić information content (AvgIpc) is 3.89. The summed E-state index contributed by atoms with van der Waals surface area (Å²) in [7, 11) is 0. The van der Waals surface area contributed by atoms with Gasteiger partial charge in [-0.3, -0.25) is 0 Å². The summed E-state index contributed by atoms with van der Waals surface area (Å²) < 4.78 is 8.98. The SMILES string of the molecule is [C-]#[N+]c1ccc2c(c1)c1cc(-c3ccc4c(c3)oc3cc(-c5nc(-c6ccc7ccccc7c6)nc(-c6ccc7ccccc7c6)n5)ccc34)ccc1n2-c1ccc2ccccc2c1. The molecule has 0 aliphatic carbocycles. The zero-order valence-corrected chi connectivity index (χ0v) is 34.2. The van der Waals surface area contributed by atoms with E-state index in [-0.39, 0.29) is 0 Å². The molecule has 0 unspecified atom stereocenters. The van der Waals surface area contributed by atoms with Crippen molar-refractivity contribution in [3.05, 3.63) is 212 Å². The van der Waals surface area contributed by atoms with Gasteiger partial charge in [-0.05, 0) is 122 Å². The molecule has 0 aliphatic heterocycles. The Morgan fingerprint density at radius 2 is 0.797 bits per heavy atom. The third kappa shape index (κ3) is 5.83. The highest BCUT2D eigenvalue weighted by Gasteiger charge is 2.18. The molecule has 3 aromatic heterocycles. The van der Waals surface area contributed by atoms with E-state index in [1.54, 1.807) is 0 Å². The summed E-state index contributed by atoms with van der Waals surface area (Å²) in [4.78, 5) is 19.0. The fourth-order valence-corrected chi connectivity index (χ4v) is 9.37. The van der Waals surface area contributed by atoms with Crippen LogP contribution in [0.3, 0.4) is 0 Å². The van der Waals surface area contributed by atoms with Crippen LogP contribution in [0.25, 0.3) is 132 Å². The van der Waals surface area contributed by atoms with E-state index < -0.39 is 0 Å². The summed E-state index contributed by atoms with van der Waals surface area (Å²) >= 11 is 0. The first-order valence-electron chi connectivity index (χ1n) is 21.3. The largest absolute Gasteiger partial charge is 0.456 e. The second kappa shape index (κ2) is 14.1. The minimum absolute atomic E-state index is 0.571. The van der Waals surface area contributed by atoms with Gasteiger partial charge in [0.1, 0.15) is 11.2 Å². The molecule has 0 atom stereocenters. The normalized spacial score (nSPS) is 11.7. The lowest BCUT2D eigenvalue weighted by Gasteiger charge is -2.10. The Morgan fingerprint density at radius 1 is 0.359 bits per heavy atom. The molecular weight excluding hydrogens is 783 g/mol. The number of aromatic nitrogens is 4. The molecule has 0 radical (unpaired) electrons. The number of hydrogen-bond acceptors (Lipinski definition) is 4. The van der Waals surface area contributed by atoms with E-state index in [9.17, 15) is 0 Å². The molecular formula is C58H33N5O. The number of furan rings is 1. The van der Waals surface area contributed by atoms with Gasteiger partial charge in [-0.1, -0.05) is 127 Å². The number of benzene rings is 10. The van der Waals surface area contributed by atoms with Crippen LogP contribution in [0.5, 0.6) is 0 Å². The van der Waals surface area contributed by atoms with Crippen molar-refractivity contribution in [3.63, 3.8) is 0 Å². The second-order valence-corrected chi connectivity index (χ2v) is 16.4. The van der Waals surface area contributed by atoms with Gasteiger partial charge in [-0.2, -0.15) is 0 Å². The van der Waals surface area contributed by atoms with Gasteiger partial charge in [0.15, 0.2) is 23.2 Å². The Labute approximate surface area is 366 Å². The molecule has 13 rings (SSSR count). The van der Waals surface area contributed by atoms with Gasteiger partial charge in [0.05, 0.1) is 17.6 Å². The van der Waals surface area contributed by atoms with Crippen LogP contribution in [-0.4, -0.2) is 19.5 Å². The lowest BCUT2D eigenvalue weighted by atomic mass is 10.0. The van der Waals surface area contributed by atoms with E-state index >= 15 is 0 Å². The smallest absolute Gasteiger partial charge is 0.188 e. The highest BCUT2D eigenvalue weighted by atomic mass is 16.3. The highest BCUT2D eigenvalue weighted by Crippen LogP contribution is 2.40. The summed E-state index contributed by atoms with van der Waals surface area (Å²) in [5, 5.41) is 11.1. The molecule has 0 saturated carbocycles. The predicted molar refractivity (Wildman–Crippen MR) is 262 cm³/mol. The van der Waals surface area contributed by atoms with Crippen molar-refractivity contribution in [2.24, 2.45) is 0 Å². The fourth-order valence-electron chi connectivity index (χ4n) is 9.37. The maximum atomic E-state index is 7.79. The predicted octanol–water partition coefficient (Wildman–Crippen LogP) is 15.5. The zero-order chi connectivity index (χ0) is 42.3. The monoisotopic (exact) mass is 815 g/mol. The Morgan fingerprint density at radius 3 is 1.39 bits per heavy atom. The van der Waals surface area contributed by atoms with Crippen LogP contribution in [0, 0.1) is 6.57 Å². The average molecular weight is 816 g/mol. The first-order valence-corrected chi connectivity index (χ1v) is 21.3. The van der Waals surface area contributed by atoms with Crippen molar-refractivity contribution in [3.8, 4) is 51.0 Å².